The Kier molecular flexibility index (Phi) is 6.15. The Bertz CT molecular complexity index is 515. The third-order valence-corrected chi connectivity index (χ3v) is 2.91. The SMILES string of the molecule is C=CCCCc1cccc(C(=O)NOC(=O)C(C)(C)C)c1. The van der Waals surface area contributed by atoms with Crippen molar-refractivity contribution in [3.05, 3.63) is 48.0 Å². The summed E-state index contributed by atoms with van der Waals surface area (Å²) in [5.41, 5.74) is 3.10. The van der Waals surface area contributed by atoms with E-state index < -0.39 is 17.3 Å². The van der Waals surface area contributed by atoms with E-state index in [2.05, 4.69) is 12.1 Å². The van der Waals surface area contributed by atoms with E-state index in [4.69, 9.17) is 4.84 Å². The number of hydroxylamine groups is 1. The molecule has 1 amide bonds. The first-order valence-electron chi connectivity index (χ1n) is 7.06. The number of hydrogen-bond donors (Lipinski definition) is 1. The van der Waals surface area contributed by atoms with Crippen LogP contribution < -0.4 is 5.48 Å². The molecule has 0 radical (unpaired) electrons. The molecular formula is C17H23NO3. The standard InChI is InChI=1S/C17H23NO3/c1-5-6-7-9-13-10-8-11-14(12-13)15(19)18-21-16(20)17(2,3)4/h5,8,10-12H,1,6-7,9H2,2-4H3,(H,18,19). The summed E-state index contributed by atoms with van der Waals surface area (Å²) in [6.45, 7) is 8.86. The Balaban J connectivity index is 2.60. The van der Waals surface area contributed by atoms with Crippen LogP contribution in [0.5, 0.6) is 0 Å². The van der Waals surface area contributed by atoms with Gasteiger partial charge in [0.2, 0.25) is 0 Å². The Morgan fingerprint density at radius 1 is 1.33 bits per heavy atom. The summed E-state index contributed by atoms with van der Waals surface area (Å²) in [7, 11) is 0. The molecule has 4 nitrogen and oxygen atoms in total. The van der Waals surface area contributed by atoms with E-state index in [0.29, 0.717) is 5.56 Å². The molecule has 21 heavy (non-hydrogen) atoms. The van der Waals surface area contributed by atoms with E-state index in [0.717, 1.165) is 24.8 Å². The highest BCUT2D eigenvalue weighted by Gasteiger charge is 2.24. The van der Waals surface area contributed by atoms with Gasteiger partial charge in [0.25, 0.3) is 5.91 Å². The molecule has 0 saturated heterocycles. The summed E-state index contributed by atoms with van der Waals surface area (Å²) in [6.07, 6.45) is 4.70. The van der Waals surface area contributed by atoms with Gasteiger partial charge in [-0.15, -0.1) is 6.58 Å². The van der Waals surface area contributed by atoms with Gasteiger partial charge in [0.05, 0.1) is 5.41 Å². The first-order valence-corrected chi connectivity index (χ1v) is 7.06. The second kappa shape index (κ2) is 7.62. The summed E-state index contributed by atoms with van der Waals surface area (Å²) in [5.74, 6) is -0.892. The van der Waals surface area contributed by atoms with Gasteiger partial charge in [-0.1, -0.05) is 18.2 Å². The Labute approximate surface area is 126 Å². The lowest BCUT2D eigenvalue weighted by Gasteiger charge is -2.16. The fourth-order valence-corrected chi connectivity index (χ4v) is 1.62. The maximum absolute atomic E-state index is 12.0. The number of carbonyl (C=O) groups excluding carboxylic acids is 2. The van der Waals surface area contributed by atoms with Gasteiger partial charge < -0.3 is 4.84 Å². The van der Waals surface area contributed by atoms with Gasteiger partial charge in [-0.25, -0.2) is 4.79 Å². The molecule has 0 atom stereocenters. The lowest BCUT2D eigenvalue weighted by Crippen LogP contribution is -2.33. The van der Waals surface area contributed by atoms with Crippen molar-refractivity contribution >= 4 is 11.9 Å². The maximum atomic E-state index is 12.0. The zero-order valence-corrected chi connectivity index (χ0v) is 12.9. The van der Waals surface area contributed by atoms with Gasteiger partial charge >= 0.3 is 5.97 Å². The normalized spacial score (nSPS) is 10.8. The van der Waals surface area contributed by atoms with Crippen LogP contribution in [0.4, 0.5) is 0 Å². The van der Waals surface area contributed by atoms with Gasteiger partial charge in [-0.05, 0) is 57.7 Å². The number of allylic oxidation sites excluding steroid dienone is 1. The molecule has 0 unspecified atom stereocenters. The predicted octanol–water partition coefficient (Wildman–Crippen LogP) is 3.43. The van der Waals surface area contributed by atoms with Crippen molar-refractivity contribution in [1.82, 2.24) is 5.48 Å². The van der Waals surface area contributed by atoms with Crippen molar-refractivity contribution in [3.8, 4) is 0 Å². The highest BCUT2D eigenvalue weighted by atomic mass is 16.7. The Morgan fingerprint density at radius 2 is 2.05 bits per heavy atom. The van der Waals surface area contributed by atoms with Crippen molar-refractivity contribution in [3.63, 3.8) is 0 Å². The molecule has 4 heteroatoms. The minimum atomic E-state index is -0.653. The summed E-state index contributed by atoms with van der Waals surface area (Å²) < 4.78 is 0. The fraction of sp³-hybridized carbons (Fsp3) is 0.412. The number of nitrogens with one attached hydrogen (secondary N) is 1. The van der Waals surface area contributed by atoms with Gasteiger partial charge in [0.1, 0.15) is 0 Å². The molecule has 0 heterocycles. The first-order chi connectivity index (χ1) is 9.84. The van der Waals surface area contributed by atoms with E-state index in [1.807, 2.05) is 24.3 Å². The van der Waals surface area contributed by atoms with Gasteiger partial charge in [0, 0.05) is 5.56 Å². The number of unbranched alkanes of at least 4 members (excludes halogenated alkanes) is 1. The van der Waals surface area contributed by atoms with E-state index in [-0.39, 0.29) is 0 Å². The number of amides is 1. The highest BCUT2D eigenvalue weighted by Crippen LogP contribution is 2.14. The highest BCUT2D eigenvalue weighted by molar-refractivity contribution is 5.94. The smallest absolute Gasteiger partial charge is 0.337 e. The molecule has 1 N–H and O–H groups in total. The Morgan fingerprint density at radius 3 is 2.67 bits per heavy atom. The average Bonchev–Trinajstić information content (AvgIpc) is 2.44. The second-order valence-electron chi connectivity index (χ2n) is 5.95. The molecular weight excluding hydrogens is 266 g/mol. The molecule has 1 aromatic rings. The van der Waals surface area contributed by atoms with Crippen molar-refractivity contribution < 1.29 is 14.4 Å². The van der Waals surface area contributed by atoms with Crippen LogP contribution in [0, 0.1) is 5.41 Å². The Hall–Kier alpha value is -2.10. The number of hydrogen-bond acceptors (Lipinski definition) is 3. The fourth-order valence-electron chi connectivity index (χ4n) is 1.62. The first kappa shape index (κ1) is 17.0. The largest absolute Gasteiger partial charge is 0.340 e. The quantitative estimate of drug-likeness (QED) is 0.513. The van der Waals surface area contributed by atoms with Crippen molar-refractivity contribution in [1.29, 1.82) is 0 Å². The van der Waals surface area contributed by atoms with Gasteiger partial charge in [-0.2, -0.15) is 5.48 Å². The zero-order chi connectivity index (χ0) is 15.9. The van der Waals surface area contributed by atoms with E-state index in [1.54, 1.807) is 26.8 Å². The van der Waals surface area contributed by atoms with E-state index in [1.165, 1.54) is 0 Å². The molecule has 0 spiro atoms. The molecule has 0 aliphatic rings. The molecule has 0 aliphatic heterocycles. The summed E-state index contributed by atoms with van der Waals surface area (Å²) in [6, 6.07) is 7.30. The van der Waals surface area contributed by atoms with E-state index in [9.17, 15) is 9.59 Å². The minimum Gasteiger partial charge on any atom is -0.340 e. The molecule has 0 aromatic heterocycles. The number of aryl methyl sites for hydroxylation is 1. The molecule has 0 aliphatic carbocycles. The minimum absolute atomic E-state index is 0.418. The van der Waals surface area contributed by atoms with Crippen LogP contribution in [0.2, 0.25) is 0 Å². The van der Waals surface area contributed by atoms with Crippen LogP contribution in [-0.2, 0) is 16.1 Å². The molecule has 0 fully saturated rings. The van der Waals surface area contributed by atoms with Crippen LogP contribution in [-0.4, -0.2) is 11.9 Å². The topological polar surface area (TPSA) is 55.4 Å². The second-order valence-corrected chi connectivity index (χ2v) is 5.95. The summed E-state index contributed by atoms with van der Waals surface area (Å²) in [5, 5.41) is 0. The number of benzene rings is 1. The molecule has 114 valence electrons. The molecule has 0 saturated carbocycles. The van der Waals surface area contributed by atoms with Crippen molar-refractivity contribution in [2.24, 2.45) is 5.41 Å². The molecule has 1 rings (SSSR count). The van der Waals surface area contributed by atoms with Crippen LogP contribution in [0.25, 0.3) is 0 Å². The van der Waals surface area contributed by atoms with Crippen LogP contribution in [0.15, 0.2) is 36.9 Å². The predicted molar refractivity (Wildman–Crippen MR) is 82.6 cm³/mol. The zero-order valence-electron chi connectivity index (χ0n) is 12.9. The lowest BCUT2D eigenvalue weighted by atomic mass is 9.98. The maximum Gasteiger partial charge on any atom is 0.337 e. The van der Waals surface area contributed by atoms with Crippen molar-refractivity contribution in [2.45, 2.75) is 40.0 Å². The summed E-state index contributed by atoms with van der Waals surface area (Å²) >= 11 is 0. The van der Waals surface area contributed by atoms with E-state index >= 15 is 0 Å². The van der Waals surface area contributed by atoms with Gasteiger partial charge in [0.15, 0.2) is 0 Å². The third-order valence-electron chi connectivity index (χ3n) is 2.91. The average molecular weight is 289 g/mol. The number of rotatable bonds is 5. The molecule has 0 bridgehead atoms. The number of carbonyl (C=O) groups is 2. The monoisotopic (exact) mass is 289 g/mol. The molecule has 1 aromatic carbocycles. The lowest BCUT2D eigenvalue weighted by molar-refractivity contribution is -0.158. The summed E-state index contributed by atoms with van der Waals surface area (Å²) in [4.78, 5) is 28.4. The van der Waals surface area contributed by atoms with Crippen molar-refractivity contribution in [2.75, 3.05) is 0 Å². The van der Waals surface area contributed by atoms with Gasteiger partial charge in [-0.3, -0.25) is 4.79 Å². The van der Waals surface area contributed by atoms with Crippen LogP contribution >= 0.6 is 0 Å². The third kappa shape index (κ3) is 5.81. The van der Waals surface area contributed by atoms with Crippen LogP contribution in [0.3, 0.4) is 0 Å². The van der Waals surface area contributed by atoms with Crippen LogP contribution in [0.1, 0.15) is 49.5 Å².